The number of nitrogens with one attached hydrogen (secondary N) is 1. The average molecular weight is 541 g/mol. The van der Waals surface area contributed by atoms with E-state index in [4.69, 9.17) is 9.47 Å². The maximum absolute atomic E-state index is 11.9. The molecule has 0 spiro atoms. The van der Waals surface area contributed by atoms with Gasteiger partial charge in [-0.05, 0) is 75.8 Å². The third-order valence-electron chi connectivity index (χ3n) is 5.46. The van der Waals surface area contributed by atoms with Crippen LogP contribution in [0.1, 0.15) is 90.8 Å². The summed E-state index contributed by atoms with van der Waals surface area (Å²) >= 11 is 0. The van der Waals surface area contributed by atoms with Gasteiger partial charge in [0.1, 0.15) is 11.9 Å². The summed E-state index contributed by atoms with van der Waals surface area (Å²) in [5.41, 5.74) is 5.76. The van der Waals surface area contributed by atoms with Crippen molar-refractivity contribution in [2.45, 2.75) is 99.6 Å². The Bertz CT molecular complexity index is 1080. The monoisotopic (exact) mass is 540 g/mol. The van der Waals surface area contributed by atoms with Gasteiger partial charge in [0.2, 0.25) is 0 Å². The van der Waals surface area contributed by atoms with Gasteiger partial charge >= 0.3 is 6.09 Å². The molecule has 0 saturated heterocycles. The second kappa shape index (κ2) is 19.8. The molecule has 0 radical (unpaired) electrons. The fourth-order valence-electron chi connectivity index (χ4n) is 3.44. The quantitative estimate of drug-likeness (QED) is 0.218. The Balaban J connectivity index is 0.00000162. The Morgan fingerprint density at radius 2 is 1.74 bits per heavy atom. The molecular weight excluding hydrogens is 488 g/mol. The van der Waals surface area contributed by atoms with Crippen LogP contribution in [0.2, 0.25) is 0 Å². The van der Waals surface area contributed by atoms with E-state index in [0.29, 0.717) is 6.54 Å². The maximum atomic E-state index is 11.9. The highest BCUT2D eigenvalue weighted by Crippen LogP contribution is 2.26. The largest absolute Gasteiger partial charge is 0.444 e. The van der Waals surface area contributed by atoms with Crippen LogP contribution in [0.4, 0.5) is 4.79 Å². The van der Waals surface area contributed by atoms with E-state index in [-0.39, 0.29) is 0 Å². The van der Waals surface area contributed by atoms with E-state index in [0.717, 1.165) is 53.8 Å². The normalized spacial score (nSPS) is 10.3. The number of rotatable bonds is 9. The molecule has 1 aromatic carbocycles. The number of nitrogens with zero attached hydrogens (tertiary/aromatic N) is 3. The molecule has 3 rings (SSSR count). The SMILES string of the molecule is C=C.CC.CCCC.COCCCCc1cc2c(-c3ccc(CNC(=O)OC(C)(C)C)c(C)c3)ncnn2c1. The number of hydrogen-bond acceptors (Lipinski definition) is 5. The van der Waals surface area contributed by atoms with Crippen molar-refractivity contribution in [3.05, 3.63) is 66.6 Å². The van der Waals surface area contributed by atoms with Crippen molar-refractivity contribution in [3.8, 4) is 11.3 Å². The average Bonchev–Trinajstić information content (AvgIpc) is 3.35. The van der Waals surface area contributed by atoms with Gasteiger partial charge in [0.25, 0.3) is 0 Å². The van der Waals surface area contributed by atoms with E-state index in [1.807, 2.05) is 58.2 Å². The number of hydrogen-bond donors (Lipinski definition) is 1. The first kappa shape index (κ1) is 35.8. The van der Waals surface area contributed by atoms with E-state index in [1.165, 1.54) is 18.4 Å². The number of unbranched alkanes of at least 4 members (excludes halogenated alkanes) is 2. The number of ether oxygens (including phenoxy) is 2. The number of aromatic nitrogens is 3. The Morgan fingerprint density at radius 3 is 2.31 bits per heavy atom. The number of fused-ring (bicyclic) bond motifs is 1. The van der Waals surface area contributed by atoms with Gasteiger partial charge in [-0.25, -0.2) is 14.3 Å². The molecule has 1 N–H and O–H groups in total. The first-order valence-corrected chi connectivity index (χ1v) is 14.1. The molecule has 7 heteroatoms. The minimum absolute atomic E-state index is 0.414. The molecule has 2 heterocycles. The highest BCUT2D eigenvalue weighted by molar-refractivity contribution is 5.77. The van der Waals surface area contributed by atoms with E-state index in [1.54, 1.807) is 13.4 Å². The topological polar surface area (TPSA) is 77.8 Å². The Morgan fingerprint density at radius 1 is 1.08 bits per heavy atom. The van der Waals surface area contributed by atoms with Gasteiger partial charge in [-0.1, -0.05) is 52.7 Å². The minimum Gasteiger partial charge on any atom is -0.444 e. The number of carbonyl (C=O) groups is 1. The zero-order chi connectivity index (χ0) is 29.8. The molecule has 2 aromatic heterocycles. The maximum Gasteiger partial charge on any atom is 0.407 e. The summed E-state index contributed by atoms with van der Waals surface area (Å²) in [4.78, 5) is 16.5. The molecule has 0 atom stereocenters. The number of alkyl carbamates (subject to hydrolysis) is 1. The molecule has 39 heavy (non-hydrogen) atoms. The molecule has 0 aliphatic rings. The fourth-order valence-corrected chi connectivity index (χ4v) is 3.44. The number of amides is 1. The zero-order valence-electron chi connectivity index (χ0n) is 25.9. The number of methoxy groups -OCH3 is 1. The van der Waals surface area contributed by atoms with Crippen LogP contribution in [0.15, 0.2) is 49.9 Å². The highest BCUT2D eigenvalue weighted by Gasteiger charge is 2.16. The van der Waals surface area contributed by atoms with Crippen LogP contribution in [-0.4, -0.2) is 40.0 Å². The highest BCUT2D eigenvalue weighted by atomic mass is 16.6. The predicted octanol–water partition coefficient (Wildman–Crippen LogP) is 8.33. The van der Waals surface area contributed by atoms with Crippen molar-refractivity contribution in [2.75, 3.05) is 13.7 Å². The van der Waals surface area contributed by atoms with Crippen molar-refractivity contribution in [1.29, 1.82) is 0 Å². The van der Waals surface area contributed by atoms with Gasteiger partial charge < -0.3 is 14.8 Å². The van der Waals surface area contributed by atoms with Crippen molar-refractivity contribution < 1.29 is 14.3 Å². The van der Waals surface area contributed by atoms with E-state index in [2.05, 4.69) is 60.7 Å². The first-order valence-electron chi connectivity index (χ1n) is 14.1. The van der Waals surface area contributed by atoms with Crippen molar-refractivity contribution >= 4 is 11.6 Å². The summed E-state index contributed by atoms with van der Waals surface area (Å²) in [6.45, 7) is 23.1. The molecule has 0 fully saturated rings. The summed E-state index contributed by atoms with van der Waals surface area (Å²) < 4.78 is 12.3. The van der Waals surface area contributed by atoms with Crippen LogP contribution in [0, 0.1) is 6.92 Å². The van der Waals surface area contributed by atoms with E-state index >= 15 is 0 Å². The van der Waals surface area contributed by atoms with Crippen molar-refractivity contribution in [1.82, 2.24) is 19.9 Å². The lowest BCUT2D eigenvalue weighted by atomic mass is 10.0. The van der Waals surface area contributed by atoms with Gasteiger partial charge in [0, 0.05) is 32.0 Å². The lowest BCUT2D eigenvalue weighted by Crippen LogP contribution is -2.32. The summed E-state index contributed by atoms with van der Waals surface area (Å²) in [6.07, 6.45) is 8.98. The molecule has 218 valence electrons. The smallest absolute Gasteiger partial charge is 0.407 e. The first-order chi connectivity index (χ1) is 18.7. The number of carbonyl (C=O) groups excluding carboxylic acids is 1. The van der Waals surface area contributed by atoms with Crippen LogP contribution in [0.25, 0.3) is 16.8 Å². The fraction of sp³-hybridized carbons (Fsp3) is 0.531. The molecule has 7 nitrogen and oxygen atoms in total. The Kier molecular flexibility index (Phi) is 18.2. The molecule has 0 unspecified atom stereocenters. The third kappa shape index (κ3) is 13.4. The van der Waals surface area contributed by atoms with Crippen LogP contribution >= 0.6 is 0 Å². The van der Waals surface area contributed by atoms with Crippen LogP contribution in [-0.2, 0) is 22.4 Å². The van der Waals surface area contributed by atoms with Gasteiger partial charge in [-0.15, -0.1) is 13.2 Å². The van der Waals surface area contributed by atoms with Crippen LogP contribution in [0.3, 0.4) is 0 Å². The van der Waals surface area contributed by atoms with Gasteiger partial charge in [0.05, 0.1) is 11.2 Å². The lowest BCUT2D eigenvalue weighted by molar-refractivity contribution is 0.0523. The number of aryl methyl sites for hydroxylation is 2. The standard InChI is InChI=1S/C24H32N4O3.C4H10.C2H6.C2H4/c1-17-12-19(9-10-20(17)14-25-23(29)31-24(2,3)4)22-21-13-18(8-6-7-11-30-5)15-28(21)27-16-26-22;1-3-4-2;2*1-2/h9-10,12-13,15-16H,6-8,11,14H2,1-5H3,(H,25,29);3-4H2,1-2H3;1-2H3;1-2H2. The predicted molar refractivity (Wildman–Crippen MR) is 164 cm³/mol. The molecule has 0 aliphatic heterocycles. The zero-order valence-corrected chi connectivity index (χ0v) is 25.9. The Labute approximate surface area is 237 Å². The van der Waals surface area contributed by atoms with Gasteiger partial charge in [-0.3, -0.25) is 0 Å². The molecule has 1 amide bonds. The lowest BCUT2D eigenvalue weighted by Gasteiger charge is -2.20. The minimum atomic E-state index is -0.513. The third-order valence-corrected chi connectivity index (χ3v) is 5.46. The Hall–Kier alpha value is -3.19. The van der Waals surface area contributed by atoms with Gasteiger partial charge in [0.15, 0.2) is 0 Å². The second-order valence-corrected chi connectivity index (χ2v) is 9.73. The molecule has 3 aromatic rings. The number of benzene rings is 1. The van der Waals surface area contributed by atoms with E-state index < -0.39 is 11.7 Å². The van der Waals surface area contributed by atoms with Crippen molar-refractivity contribution in [3.63, 3.8) is 0 Å². The molecule has 0 aliphatic carbocycles. The second-order valence-electron chi connectivity index (χ2n) is 9.73. The van der Waals surface area contributed by atoms with E-state index in [9.17, 15) is 4.79 Å². The van der Waals surface area contributed by atoms with Crippen LogP contribution < -0.4 is 5.32 Å². The molecule has 0 bridgehead atoms. The summed E-state index contributed by atoms with van der Waals surface area (Å²) in [7, 11) is 1.73. The summed E-state index contributed by atoms with van der Waals surface area (Å²) in [5, 5.41) is 7.19. The molecule has 0 saturated carbocycles. The molecular formula is C32H52N4O3. The summed E-state index contributed by atoms with van der Waals surface area (Å²) in [6, 6.07) is 8.32. The summed E-state index contributed by atoms with van der Waals surface area (Å²) in [5.74, 6) is 0. The van der Waals surface area contributed by atoms with Crippen molar-refractivity contribution in [2.24, 2.45) is 0 Å². The van der Waals surface area contributed by atoms with Crippen LogP contribution in [0.5, 0.6) is 0 Å². The van der Waals surface area contributed by atoms with Gasteiger partial charge in [-0.2, -0.15) is 5.10 Å².